The second-order valence-electron chi connectivity index (χ2n) is 2.63. The summed E-state index contributed by atoms with van der Waals surface area (Å²) in [6.45, 7) is 0. The van der Waals surface area contributed by atoms with E-state index in [0.717, 1.165) is 5.56 Å². The van der Waals surface area contributed by atoms with Gasteiger partial charge in [0.25, 0.3) is 0 Å². The number of allylic oxidation sites excluding steroid dienone is 1. The van der Waals surface area contributed by atoms with Crippen LogP contribution in [0.3, 0.4) is 0 Å². The molecule has 0 aliphatic rings. The Balaban J connectivity index is 3.06. The summed E-state index contributed by atoms with van der Waals surface area (Å²) in [7, 11) is 1.58. The van der Waals surface area contributed by atoms with E-state index >= 15 is 0 Å². The van der Waals surface area contributed by atoms with E-state index in [4.69, 9.17) is 21.6 Å². The van der Waals surface area contributed by atoms with E-state index in [1.54, 1.807) is 19.2 Å². The zero-order chi connectivity index (χ0) is 10.4. The number of methoxy groups -OCH3 is 1. The van der Waals surface area contributed by atoms with Crippen molar-refractivity contribution >= 4 is 17.7 Å². The van der Waals surface area contributed by atoms with Gasteiger partial charge in [-0.1, -0.05) is 12.2 Å². The third-order valence-electron chi connectivity index (χ3n) is 1.75. The summed E-state index contributed by atoms with van der Waals surface area (Å²) >= 11 is 5.53. The van der Waals surface area contributed by atoms with Gasteiger partial charge in [0.15, 0.2) is 0 Å². The lowest BCUT2D eigenvalue weighted by atomic mass is 10.1. The van der Waals surface area contributed by atoms with Crippen LogP contribution >= 0.6 is 11.6 Å². The maximum absolute atomic E-state index is 8.68. The van der Waals surface area contributed by atoms with Gasteiger partial charge in [-0.15, -0.1) is 11.6 Å². The molecule has 0 N–H and O–H groups in total. The Morgan fingerprint density at radius 3 is 2.93 bits per heavy atom. The highest BCUT2D eigenvalue weighted by atomic mass is 35.5. The van der Waals surface area contributed by atoms with Crippen LogP contribution in [0.5, 0.6) is 5.75 Å². The minimum atomic E-state index is 0.461. The molecule has 0 fully saturated rings. The third kappa shape index (κ3) is 2.51. The molecular formula is C11H10ClNO. The van der Waals surface area contributed by atoms with Crippen LogP contribution in [0, 0.1) is 11.3 Å². The molecule has 0 heterocycles. The van der Waals surface area contributed by atoms with Gasteiger partial charge >= 0.3 is 0 Å². The van der Waals surface area contributed by atoms with E-state index < -0.39 is 0 Å². The molecule has 0 atom stereocenters. The minimum Gasteiger partial charge on any atom is -0.496 e. The monoisotopic (exact) mass is 207 g/mol. The molecular weight excluding hydrogens is 198 g/mol. The Kier molecular flexibility index (Phi) is 4.03. The lowest BCUT2D eigenvalue weighted by Crippen LogP contribution is -1.88. The molecule has 0 saturated heterocycles. The van der Waals surface area contributed by atoms with Crippen molar-refractivity contribution < 1.29 is 4.74 Å². The summed E-state index contributed by atoms with van der Waals surface area (Å²) < 4.78 is 5.14. The number of alkyl halides is 1. The zero-order valence-electron chi connectivity index (χ0n) is 7.83. The van der Waals surface area contributed by atoms with E-state index in [2.05, 4.69) is 6.07 Å². The average molecular weight is 208 g/mol. The van der Waals surface area contributed by atoms with Gasteiger partial charge < -0.3 is 4.74 Å². The van der Waals surface area contributed by atoms with Gasteiger partial charge in [0, 0.05) is 11.4 Å². The third-order valence-corrected chi connectivity index (χ3v) is 1.93. The Morgan fingerprint density at radius 1 is 1.57 bits per heavy atom. The normalized spacial score (nSPS) is 10.1. The molecule has 72 valence electrons. The fourth-order valence-electron chi connectivity index (χ4n) is 1.09. The molecule has 1 aromatic rings. The smallest absolute Gasteiger partial charge is 0.127 e. The predicted octanol–water partition coefficient (Wildman–Crippen LogP) is 2.82. The number of halogens is 1. The van der Waals surface area contributed by atoms with Gasteiger partial charge in [-0.25, -0.2) is 0 Å². The predicted molar refractivity (Wildman–Crippen MR) is 57.5 cm³/mol. The highest BCUT2D eigenvalue weighted by Gasteiger charge is 2.00. The molecule has 0 aliphatic heterocycles. The SMILES string of the molecule is COc1cc(C#N)ccc1C=CCCl. The van der Waals surface area contributed by atoms with E-state index in [9.17, 15) is 0 Å². The standard InChI is InChI=1S/C11H10ClNO/c1-14-11-7-9(8-13)4-5-10(11)3-2-6-12/h2-5,7H,6H2,1H3. The highest BCUT2D eigenvalue weighted by molar-refractivity contribution is 6.19. The quantitative estimate of drug-likeness (QED) is 0.714. The summed E-state index contributed by atoms with van der Waals surface area (Å²) in [4.78, 5) is 0. The first-order chi connectivity index (χ1) is 6.81. The van der Waals surface area contributed by atoms with Crippen LogP contribution in [0.1, 0.15) is 11.1 Å². The minimum absolute atomic E-state index is 0.461. The molecule has 1 rings (SSSR count). The fourth-order valence-corrected chi connectivity index (χ4v) is 1.18. The largest absolute Gasteiger partial charge is 0.496 e. The lowest BCUT2D eigenvalue weighted by molar-refractivity contribution is 0.413. The molecule has 0 bridgehead atoms. The number of nitrogens with zero attached hydrogens (tertiary/aromatic N) is 1. The van der Waals surface area contributed by atoms with Crippen LogP contribution in [-0.2, 0) is 0 Å². The number of benzene rings is 1. The van der Waals surface area contributed by atoms with Crippen LogP contribution < -0.4 is 4.74 Å². The van der Waals surface area contributed by atoms with Crippen molar-refractivity contribution in [2.45, 2.75) is 0 Å². The van der Waals surface area contributed by atoms with E-state index in [1.807, 2.05) is 18.2 Å². The molecule has 3 heteroatoms. The van der Waals surface area contributed by atoms with Crippen molar-refractivity contribution in [3.63, 3.8) is 0 Å². The van der Waals surface area contributed by atoms with Crippen LogP contribution in [0.15, 0.2) is 24.3 Å². The van der Waals surface area contributed by atoms with Crippen LogP contribution in [0.4, 0.5) is 0 Å². The molecule has 0 unspecified atom stereocenters. The Morgan fingerprint density at radius 2 is 2.36 bits per heavy atom. The van der Waals surface area contributed by atoms with Gasteiger partial charge in [0.05, 0.1) is 18.7 Å². The van der Waals surface area contributed by atoms with Gasteiger partial charge in [-0.2, -0.15) is 5.26 Å². The fraction of sp³-hybridized carbons (Fsp3) is 0.182. The number of hydrogen-bond acceptors (Lipinski definition) is 2. The van der Waals surface area contributed by atoms with Crippen LogP contribution in [0.25, 0.3) is 6.08 Å². The van der Waals surface area contributed by atoms with Gasteiger partial charge in [-0.3, -0.25) is 0 Å². The van der Waals surface area contributed by atoms with Crippen LogP contribution in [0.2, 0.25) is 0 Å². The molecule has 0 aliphatic carbocycles. The Hall–Kier alpha value is -1.46. The molecule has 14 heavy (non-hydrogen) atoms. The van der Waals surface area contributed by atoms with E-state index in [0.29, 0.717) is 17.2 Å². The van der Waals surface area contributed by atoms with Crippen molar-refractivity contribution in [3.05, 3.63) is 35.4 Å². The Labute approximate surface area is 88.4 Å². The average Bonchev–Trinajstić information content (AvgIpc) is 2.26. The first-order valence-corrected chi connectivity index (χ1v) is 4.66. The van der Waals surface area contributed by atoms with E-state index in [-0.39, 0.29) is 0 Å². The van der Waals surface area contributed by atoms with Crippen molar-refractivity contribution in [2.75, 3.05) is 13.0 Å². The number of nitriles is 1. The van der Waals surface area contributed by atoms with Gasteiger partial charge in [0.1, 0.15) is 5.75 Å². The first kappa shape index (κ1) is 10.6. The highest BCUT2D eigenvalue weighted by Crippen LogP contribution is 2.21. The van der Waals surface area contributed by atoms with Crippen molar-refractivity contribution in [1.82, 2.24) is 0 Å². The Bertz CT molecular complexity index is 379. The molecule has 0 radical (unpaired) electrons. The summed E-state index contributed by atoms with van der Waals surface area (Å²) in [6, 6.07) is 7.34. The molecule has 0 saturated carbocycles. The maximum atomic E-state index is 8.68. The topological polar surface area (TPSA) is 33.0 Å². The number of rotatable bonds is 3. The van der Waals surface area contributed by atoms with Crippen molar-refractivity contribution in [3.8, 4) is 11.8 Å². The lowest BCUT2D eigenvalue weighted by Gasteiger charge is -2.04. The van der Waals surface area contributed by atoms with Gasteiger partial charge in [-0.05, 0) is 18.2 Å². The van der Waals surface area contributed by atoms with E-state index in [1.165, 1.54) is 0 Å². The number of hydrogen-bond donors (Lipinski definition) is 0. The maximum Gasteiger partial charge on any atom is 0.127 e. The molecule has 1 aromatic carbocycles. The molecule has 0 aromatic heterocycles. The first-order valence-electron chi connectivity index (χ1n) is 4.12. The second-order valence-corrected chi connectivity index (χ2v) is 2.93. The molecule has 0 spiro atoms. The number of ether oxygens (including phenoxy) is 1. The summed E-state index contributed by atoms with van der Waals surface area (Å²) in [5.74, 6) is 1.15. The molecule has 2 nitrogen and oxygen atoms in total. The summed E-state index contributed by atoms with van der Waals surface area (Å²) in [5.41, 5.74) is 1.51. The van der Waals surface area contributed by atoms with Crippen molar-refractivity contribution in [1.29, 1.82) is 5.26 Å². The summed E-state index contributed by atoms with van der Waals surface area (Å²) in [6.07, 6.45) is 3.69. The second kappa shape index (κ2) is 5.31. The van der Waals surface area contributed by atoms with Crippen LogP contribution in [-0.4, -0.2) is 13.0 Å². The van der Waals surface area contributed by atoms with Gasteiger partial charge in [0.2, 0.25) is 0 Å². The zero-order valence-corrected chi connectivity index (χ0v) is 8.58. The molecule has 0 amide bonds. The van der Waals surface area contributed by atoms with Crippen molar-refractivity contribution in [2.24, 2.45) is 0 Å². The summed E-state index contributed by atoms with van der Waals surface area (Å²) in [5, 5.41) is 8.68.